The van der Waals surface area contributed by atoms with Gasteiger partial charge in [0.2, 0.25) is 5.95 Å². The number of aromatic nitrogens is 2. The van der Waals surface area contributed by atoms with Gasteiger partial charge in [-0.2, -0.15) is 0 Å². The Morgan fingerprint density at radius 1 is 1.41 bits per heavy atom. The quantitative estimate of drug-likeness (QED) is 0.908. The summed E-state index contributed by atoms with van der Waals surface area (Å²) in [5.74, 6) is 0.363. The Bertz CT molecular complexity index is 548. The van der Waals surface area contributed by atoms with Crippen molar-refractivity contribution >= 4 is 17.5 Å². The monoisotopic (exact) mass is 251 g/mol. The molecular weight excluding hydrogens is 241 g/mol. The highest BCUT2D eigenvalue weighted by molar-refractivity contribution is 6.30. The van der Waals surface area contributed by atoms with Gasteiger partial charge in [0.15, 0.2) is 0 Å². The SMILES string of the molecule is Fc1ccc(-n2ccnc2NC2CC2)cc1Cl. The van der Waals surface area contributed by atoms with Crippen LogP contribution in [-0.2, 0) is 0 Å². The smallest absolute Gasteiger partial charge is 0.207 e. The Labute approximate surface area is 103 Å². The van der Waals surface area contributed by atoms with Gasteiger partial charge in [0.05, 0.1) is 10.7 Å². The van der Waals surface area contributed by atoms with Crippen LogP contribution in [0.15, 0.2) is 30.6 Å². The van der Waals surface area contributed by atoms with E-state index in [1.165, 1.54) is 18.9 Å². The van der Waals surface area contributed by atoms with Gasteiger partial charge < -0.3 is 5.32 Å². The lowest BCUT2D eigenvalue weighted by molar-refractivity contribution is 0.628. The van der Waals surface area contributed by atoms with Crippen LogP contribution in [0.2, 0.25) is 5.02 Å². The third kappa shape index (κ3) is 2.13. The zero-order valence-corrected chi connectivity index (χ0v) is 9.78. The molecule has 1 aliphatic carbocycles. The highest BCUT2D eigenvalue weighted by atomic mass is 35.5. The molecule has 0 unspecified atom stereocenters. The summed E-state index contributed by atoms with van der Waals surface area (Å²) < 4.78 is 15.0. The van der Waals surface area contributed by atoms with Crippen LogP contribution in [-0.4, -0.2) is 15.6 Å². The summed E-state index contributed by atoms with van der Waals surface area (Å²) in [5.41, 5.74) is 0.803. The second-order valence-corrected chi connectivity index (χ2v) is 4.55. The van der Waals surface area contributed by atoms with Gasteiger partial charge in [0, 0.05) is 18.4 Å². The Hall–Kier alpha value is -1.55. The summed E-state index contributed by atoms with van der Waals surface area (Å²) >= 11 is 5.77. The minimum atomic E-state index is -0.410. The number of benzene rings is 1. The molecule has 88 valence electrons. The molecule has 1 saturated carbocycles. The summed E-state index contributed by atoms with van der Waals surface area (Å²) in [6.07, 6.45) is 5.89. The number of halogens is 2. The molecule has 1 aromatic carbocycles. The van der Waals surface area contributed by atoms with Gasteiger partial charge >= 0.3 is 0 Å². The lowest BCUT2D eigenvalue weighted by atomic mass is 10.3. The number of rotatable bonds is 3. The highest BCUT2D eigenvalue weighted by Gasteiger charge is 2.22. The van der Waals surface area contributed by atoms with Gasteiger partial charge in [-0.25, -0.2) is 9.37 Å². The molecule has 17 heavy (non-hydrogen) atoms. The van der Waals surface area contributed by atoms with Gasteiger partial charge in [-0.05, 0) is 31.0 Å². The largest absolute Gasteiger partial charge is 0.353 e. The first-order valence-electron chi connectivity index (χ1n) is 5.49. The van der Waals surface area contributed by atoms with Crippen LogP contribution in [0.1, 0.15) is 12.8 Å². The highest BCUT2D eigenvalue weighted by Crippen LogP contribution is 2.26. The van der Waals surface area contributed by atoms with Gasteiger partial charge in [0.25, 0.3) is 0 Å². The Kier molecular flexibility index (Phi) is 2.52. The van der Waals surface area contributed by atoms with Gasteiger partial charge in [-0.3, -0.25) is 4.57 Å². The molecular formula is C12H11ClFN3. The molecule has 0 radical (unpaired) electrons. The van der Waals surface area contributed by atoms with E-state index >= 15 is 0 Å². The first kappa shape index (κ1) is 10.6. The average molecular weight is 252 g/mol. The van der Waals surface area contributed by atoms with E-state index in [9.17, 15) is 4.39 Å². The molecule has 0 atom stereocenters. The molecule has 3 nitrogen and oxygen atoms in total. The van der Waals surface area contributed by atoms with E-state index in [1.54, 1.807) is 18.3 Å². The van der Waals surface area contributed by atoms with E-state index in [0.717, 1.165) is 11.6 Å². The van der Waals surface area contributed by atoms with Crippen molar-refractivity contribution in [2.24, 2.45) is 0 Å². The number of anilines is 1. The van der Waals surface area contributed by atoms with Gasteiger partial charge in [-0.15, -0.1) is 0 Å². The molecule has 0 amide bonds. The van der Waals surface area contributed by atoms with Crippen molar-refractivity contribution in [1.29, 1.82) is 0 Å². The minimum Gasteiger partial charge on any atom is -0.353 e. The Balaban J connectivity index is 1.96. The third-order valence-corrected chi connectivity index (χ3v) is 3.02. The lowest BCUT2D eigenvalue weighted by Gasteiger charge is -2.09. The van der Waals surface area contributed by atoms with Crippen molar-refractivity contribution in [2.75, 3.05) is 5.32 Å². The summed E-state index contributed by atoms with van der Waals surface area (Å²) in [7, 11) is 0. The van der Waals surface area contributed by atoms with Crippen molar-refractivity contribution in [3.05, 3.63) is 41.4 Å². The fraction of sp³-hybridized carbons (Fsp3) is 0.250. The van der Waals surface area contributed by atoms with E-state index in [1.807, 2.05) is 10.8 Å². The topological polar surface area (TPSA) is 29.9 Å². The molecule has 0 saturated heterocycles. The molecule has 0 aliphatic heterocycles. The zero-order valence-electron chi connectivity index (χ0n) is 9.03. The third-order valence-electron chi connectivity index (χ3n) is 2.73. The predicted molar refractivity (Wildman–Crippen MR) is 65.2 cm³/mol. The zero-order chi connectivity index (χ0) is 11.8. The molecule has 1 heterocycles. The summed E-state index contributed by atoms with van der Waals surface area (Å²) in [5, 5.41) is 3.43. The summed E-state index contributed by atoms with van der Waals surface area (Å²) in [6, 6.07) is 5.16. The van der Waals surface area contributed by atoms with Gasteiger partial charge in [-0.1, -0.05) is 11.6 Å². The average Bonchev–Trinajstić information content (AvgIpc) is 3.00. The van der Waals surface area contributed by atoms with E-state index in [0.29, 0.717) is 6.04 Å². The minimum absolute atomic E-state index is 0.119. The van der Waals surface area contributed by atoms with Crippen molar-refractivity contribution in [3.63, 3.8) is 0 Å². The number of nitrogens with zero attached hydrogens (tertiary/aromatic N) is 2. The van der Waals surface area contributed by atoms with E-state index in [2.05, 4.69) is 10.3 Å². The van der Waals surface area contributed by atoms with Crippen molar-refractivity contribution in [2.45, 2.75) is 18.9 Å². The van der Waals surface area contributed by atoms with Crippen LogP contribution in [0, 0.1) is 5.82 Å². The standard InChI is InChI=1S/C12H11ClFN3/c13-10-7-9(3-4-11(10)14)17-6-5-15-12(17)16-8-1-2-8/h3-8H,1-2H2,(H,15,16). The first-order chi connectivity index (χ1) is 8.24. The van der Waals surface area contributed by atoms with Crippen molar-refractivity contribution in [1.82, 2.24) is 9.55 Å². The maximum absolute atomic E-state index is 13.1. The first-order valence-corrected chi connectivity index (χ1v) is 5.87. The normalized spacial score (nSPS) is 14.9. The number of hydrogen-bond donors (Lipinski definition) is 1. The summed E-state index contributed by atoms with van der Waals surface area (Å²) in [4.78, 5) is 4.24. The van der Waals surface area contributed by atoms with Crippen molar-refractivity contribution < 1.29 is 4.39 Å². The summed E-state index contributed by atoms with van der Waals surface area (Å²) in [6.45, 7) is 0. The van der Waals surface area contributed by atoms with E-state index in [-0.39, 0.29) is 5.02 Å². The fourth-order valence-electron chi connectivity index (χ4n) is 1.66. The number of nitrogens with one attached hydrogen (secondary N) is 1. The van der Waals surface area contributed by atoms with Crippen molar-refractivity contribution in [3.8, 4) is 5.69 Å². The van der Waals surface area contributed by atoms with Crippen LogP contribution in [0.3, 0.4) is 0 Å². The molecule has 5 heteroatoms. The van der Waals surface area contributed by atoms with Crippen LogP contribution >= 0.6 is 11.6 Å². The van der Waals surface area contributed by atoms with Crippen LogP contribution < -0.4 is 5.32 Å². The fourth-order valence-corrected chi connectivity index (χ4v) is 1.84. The molecule has 3 rings (SSSR count). The second kappa shape index (κ2) is 4.04. The molecule has 2 aromatic rings. The molecule has 1 N–H and O–H groups in total. The Morgan fingerprint density at radius 3 is 2.94 bits per heavy atom. The van der Waals surface area contributed by atoms with E-state index in [4.69, 9.17) is 11.6 Å². The molecule has 1 fully saturated rings. The predicted octanol–water partition coefficient (Wildman–Crippen LogP) is 3.24. The van der Waals surface area contributed by atoms with Crippen LogP contribution in [0.4, 0.5) is 10.3 Å². The van der Waals surface area contributed by atoms with Crippen LogP contribution in [0.5, 0.6) is 0 Å². The number of imidazole rings is 1. The van der Waals surface area contributed by atoms with Crippen LogP contribution in [0.25, 0.3) is 5.69 Å². The Morgan fingerprint density at radius 2 is 2.24 bits per heavy atom. The number of hydrogen-bond acceptors (Lipinski definition) is 2. The maximum atomic E-state index is 13.1. The molecule has 0 spiro atoms. The lowest BCUT2D eigenvalue weighted by Crippen LogP contribution is -2.07. The maximum Gasteiger partial charge on any atom is 0.207 e. The molecule has 1 aromatic heterocycles. The second-order valence-electron chi connectivity index (χ2n) is 4.14. The molecule has 0 bridgehead atoms. The van der Waals surface area contributed by atoms with E-state index < -0.39 is 5.82 Å². The molecule has 1 aliphatic rings. The van der Waals surface area contributed by atoms with Gasteiger partial charge in [0.1, 0.15) is 5.82 Å².